The predicted octanol–water partition coefficient (Wildman–Crippen LogP) is 4.05. The van der Waals surface area contributed by atoms with Gasteiger partial charge >= 0.3 is 0 Å². The summed E-state index contributed by atoms with van der Waals surface area (Å²) in [5.74, 6) is 2.68. The fraction of sp³-hybridized carbons (Fsp3) is 0.400. The molecule has 1 saturated heterocycles. The zero-order valence-electron chi connectivity index (χ0n) is 14.6. The fourth-order valence-electron chi connectivity index (χ4n) is 3.44. The SMILES string of the molecule is COc1ccc(C2CCCN2Cc2cc(OC)ccc2OC)cc1. The van der Waals surface area contributed by atoms with Crippen molar-refractivity contribution in [1.82, 2.24) is 4.90 Å². The van der Waals surface area contributed by atoms with Gasteiger partial charge in [0.1, 0.15) is 17.2 Å². The highest BCUT2D eigenvalue weighted by Crippen LogP contribution is 2.36. The highest BCUT2D eigenvalue weighted by atomic mass is 16.5. The first-order valence-corrected chi connectivity index (χ1v) is 8.34. The zero-order valence-corrected chi connectivity index (χ0v) is 14.6. The van der Waals surface area contributed by atoms with Gasteiger partial charge in [-0.15, -0.1) is 0 Å². The molecule has 128 valence electrons. The minimum absolute atomic E-state index is 0.437. The van der Waals surface area contributed by atoms with Gasteiger partial charge in [-0.3, -0.25) is 4.90 Å². The zero-order chi connectivity index (χ0) is 16.9. The molecular formula is C20H25NO3. The van der Waals surface area contributed by atoms with Crippen LogP contribution in [0.15, 0.2) is 42.5 Å². The highest BCUT2D eigenvalue weighted by Gasteiger charge is 2.26. The Morgan fingerprint density at radius 3 is 2.29 bits per heavy atom. The predicted molar refractivity (Wildman–Crippen MR) is 94.9 cm³/mol. The van der Waals surface area contributed by atoms with Gasteiger partial charge in [-0.05, 0) is 55.3 Å². The van der Waals surface area contributed by atoms with E-state index in [0.29, 0.717) is 6.04 Å². The lowest BCUT2D eigenvalue weighted by molar-refractivity contribution is 0.244. The summed E-state index contributed by atoms with van der Waals surface area (Å²) < 4.78 is 16.2. The molecule has 1 atom stereocenters. The van der Waals surface area contributed by atoms with E-state index >= 15 is 0 Å². The number of ether oxygens (including phenoxy) is 3. The summed E-state index contributed by atoms with van der Waals surface area (Å²) in [5.41, 5.74) is 2.51. The maximum atomic E-state index is 5.53. The van der Waals surface area contributed by atoms with Crippen LogP contribution in [0.5, 0.6) is 17.2 Å². The van der Waals surface area contributed by atoms with Gasteiger partial charge in [0.2, 0.25) is 0 Å². The van der Waals surface area contributed by atoms with Crippen LogP contribution in [0.1, 0.15) is 30.0 Å². The third-order valence-corrected chi connectivity index (χ3v) is 4.73. The number of rotatable bonds is 6. The van der Waals surface area contributed by atoms with Gasteiger partial charge in [0.25, 0.3) is 0 Å². The molecule has 1 unspecified atom stereocenters. The second-order valence-corrected chi connectivity index (χ2v) is 6.08. The first-order chi connectivity index (χ1) is 11.7. The molecule has 0 aliphatic carbocycles. The van der Waals surface area contributed by atoms with E-state index in [1.807, 2.05) is 24.3 Å². The molecule has 4 nitrogen and oxygen atoms in total. The minimum atomic E-state index is 0.437. The van der Waals surface area contributed by atoms with Crippen molar-refractivity contribution >= 4 is 0 Å². The molecule has 24 heavy (non-hydrogen) atoms. The van der Waals surface area contributed by atoms with E-state index in [9.17, 15) is 0 Å². The molecule has 2 aromatic carbocycles. The van der Waals surface area contributed by atoms with Gasteiger partial charge < -0.3 is 14.2 Å². The second kappa shape index (κ2) is 7.58. The molecule has 1 fully saturated rings. The van der Waals surface area contributed by atoms with Crippen LogP contribution in [0.25, 0.3) is 0 Å². The lowest BCUT2D eigenvalue weighted by Crippen LogP contribution is -2.23. The van der Waals surface area contributed by atoms with E-state index in [2.05, 4.69) is 23.1 Å². The smallest absolute Gasteiger partial charge is 0.123 e. The Labute approximate surface area is 144 Å². The molecule has 0 saturated carbocycles. The molecule has 0 aromatic heterocycles. The largest absolute Gasteiger partial charge is 0.497 e. The topological polar surface area (TPSA) is 30.9 Å². The molecule has 0 N–H and O–H groups in total. The van der Waals surface area contributed by atoms with Gasteiger partial charge in [-0.25, -0.2) is 0 Å². The standard InChI is InChI=1S/C20H25NO3/c1-22-17-8-6-15(7-9-17)19-5-4-12-21(19)14-16-13-18(23-2)10-11-20(16)24-3/h6-11,13,19H,4-5,12,14H2,1-3H3. The third-order valence-electron chi connectivity index (χ3n) is 4.73. The molecule has 0 bridgehead atoms. The van der Waals surface area contributed by atoms with Crippen molar-refractivity contribution in [2.24, 2.45) is 0 Å². The Kier molecular flexibility index (Phi) is 5.26. The van der Waals surface area contributed by atoms with E-state index in [1.54, 1.807) is 21.3 Å². The number of nitrogens with zero attached hydrogens (tertiary/aromatic N) is 1. The monoisotopic (exact) mass is 327 g/mol. The number of hydrogen-bond donors (Lipinski definition) is 0. The Morgan fingerprint density at radius 1 is 0.917 bits per heavy atom. The van der Waals surface area contributed by atoms with Crippen molar-refractivity contribution in [2.45, 2.75) is 25.4 Å². The van der Waals surface area contributed by atoms with Crippen LogP contribution in [-0.4, -0.2) is 32.8 Å². The van der Waals surface area contributed by atoms with Crippen molar-refractivity contribution < 1.29 is 14.2 Å². The van der Waals surface area contributed by atoms with Crippen molar-refractivity contribution in [2.75, 3.05) is 27.9 Å². The lowest BCUT2D eigenvalue weighted by Gasteiger charge is -2.26. The van der Waals surface area contributed by atoms with Crippen molar-refractivity contribution in [3.8, 4) is 17.2 Å². The van der Waals surface area contributed by atoms with Crippen LogP contribution in [-0.2, 0) is 6.54 Å². The summed E-state index contributed by atoms with van der Waals surface area (Å²) >= 11 is 0. The van der Waals surface area contributed by atoms with Crippen LogP contribution < -0.4 is 14.2 Å². The Balaban J connectivity index is 1.80. The minimum Gasteiger partial charge on any atom is -0.497 e. The highest BCUT2D eigenvalue weighted by molar-refractivity contribution is 5.40. The normalized spacial score (nSPS) is 17.7. The molecule has 1 aliphatic heterocycles. The number of hydrogen-bond acceptors (Lipinski definition) is 4. The van der Waals surface area contributed by atoms with Crippen molar-refractivity contribution in [3.05, 3.63) is 53.6 Å². The van der Waals surface area contributed by atoms with Gasteiger partial charge in [0.05, 0.1) is 21.3 Å². The van der Waals surface area contributed by atoms with Gasteiger partial charge in [0, 0.05) is 18.2 Å². The summed E-state index contributed by atoms with van der Waals surface area (Å²) in [6, 6.07) is 14.8. The fourth-order valence-corrected chi connectivity index (χ4v) is 3.44. The summed E-state index contributed by atoms with van der Waals surface area (Å²) in [6.45, 7) is 1.95. The van der Waals surface area contributed by atoms with Crippen molar-refractivity contribution in [1.29, 1.82) is 0 Å². The Bertz CT molecular complexity index is 669. The number of benzene rings is 2. The van der Waals surface area contributed by atoms with Crippen LogP contribution in [0.4, 0.5) is 0 Å². The molecule has 0 radical (unpaired) electrons. The average molecular weight is 327 g/mol. The quantitative estimate of drug-likeness (QED) is 0.801. The van der Waals surface area contributed by atoms with Crippen LogP contribution in [0.3, 0.4) is 0 Å². The van der Waals surface area contributed by atoms with Crippen LogP contribution in [0, 0.1) is 0 Å². The first kappa shape index (κ1) is 16.7. The Morgan fingerprint density at radius 2 is 1.62 bits per heavy atom. The molecule has 0 spiro atoms. The molecular weight excluding hydrogens is 302 g/mol. The summed E-state index contributed by atoms with van der Waals surface area (Å²) in [6.07, 6.45) is 2.39. The van der Waals surface area contributed by atoms with E-state index in [1.165, 1.54) is 18.4 Å². The third kappa shape index (κ3) is 3.49. The van der Waals surface area contributed by atoms with E-state index in [-0.39, 0.29) is 0 Å². The summed E-state index contributed by atoms with van der Waals surface area (Å²) in [7, 11) is 5.11. The molecule has 1 aliphatic rings. The molecule has 4 heteroatoms. The number of likely N-dealkylation sites (tertiary alicyclic amines) is 1. The second-order valence-electron chi connectivity index (χ2n) is 6.08. The van der Waals surface area contributed by atoms with Gasteiger partial charge in [0.15, 0.2) is 0 Å². The molecule has 3 rings (SSSR count). The molecule has 1 heterocycles. The van der Waals surface area contributed by atoms with Crippen molar-refractivity contribution in [3.63, 3.8) is 0 Å². The maximum absolute atomic E-state index is 5.53. The van der Waals surface area contributed by atoms with E-state index < -0.39 is 0 Å². The maximum Gasteiger partial charge on any atom is 0.123 e. The number of methoxy groups -OCH3 is 3. The first-order valence-electron chi connectivity index (χ1n) is 8.34. The molecule has 2 aromatic rings. The summed E-state index contributed by atoms with van der Waals surface area (Å²) in [5, 5.41) is 0. The summed E-state index contributed by atoms with van der Waals surface area (Å²) in [4.78, 5) is 2.51. The molecule has 0 amide bonds. The van der Waals surface area contributed by atoms with E-state index in [0.717, 1.165) is 35.9 Å². The van der Waals surface area contributed by atoms with Gasteiger partial charge in [-0.2, -0.15) is 0 Å². The Hall–Kier alpha value is -2.20. The lowest BCUT2D eigenvalue weighted by atomic mass is 10.0. The average Bonchev–Trinajstić information content (AvgIpc) is 3.09. The van der Waals surface area contributed by atoms with Crippen LogP contribution in [0.2, 0.25) is 0 Å². The van der Waals surface area contributed by atoms with Crippen LogP contribution >= 0.6 is 0 Å². The van der Waals surface area contributed by atoms with Gasteiger partial charge in [-0.1, -0.05) is 12.1 Å². The van der Waals surface area contributed by atoms with E-state index in [4.69, 9.17) is 14.2 Å².